The predicted octanol–water partition coefficient (Wildman–Crippen LogP) is 3.06. The van der Waals surface area contributed by atoms with Crippen LogP contribution in [0.1, 0.15) is 22.8 Å². The van der Waals surface area contributed by atoms with E-state index in [4.69, 9.17) is 0 Å². The molecule has 0 saturated carbocycles. The van der Waals surface area contributed by atoms with Crippen LogP contribution in [0.25, 0.3) is 0 Å². The number of aryl methyl sites for hydroxylation is 1. The first kappa shape index (κ1) is 17.6. The van der Waals surface area contributed by atoms with Crippen LogP contribution in [0.4, 0.5) is 14.5 Å². The molecule has 126 valence electrons. The third kappa shape index (κ3) is 4.38. The molecule has 2 amide bonds. The van der Waals surface area contributed by atoms with E-state index in [1.807, 2.05) is 31.2 Å². The molecule has 24 heavy (non-hydrogen) atoms. The van der Waals surface area contributed by atoms with E-state index in [1.165, 1.54) is 13.0 Å². The molecular weight excluding hydrogens is 314 g/mol. The van der Waals surface area contributed by atoms with Crippen LogP contribution in [0.2, 0.25) is 0 Å². The SMILES string of the molecule is CC(=O)N(CCNC(=O)c1ccc(F)c(F)c1)c1cccc(C)c1. The van der Waals surface area contributed by atoms with Crippen molar-refractivity contribution < 1.29 is 18.4 Å². The first-order chi connectivity index (χ1) is 11.4. The molecule has 6 heteroatoms. The van der Waals surface area contributed by atoms with Crippen molar-refractivity contribution in [3.05, 3.63) is 65.2 Å². The van der Waals surface area contributed by atoms with Gasteiger partial charge in [0.1, 0.15) is 0 Å². The van der Waals surface area contributed by atoms with Gasteiger partial charge in [-0.25, -0.2) is 8.78 Å². The first-order valence-corrected chi connectivity index (χ1v) is 7.46. The summed E-state index contributed by atoms with van der Waals surface area (Å²) >= 11 is 0. The molecule has 0 aliphatic rings. The Bertz CT molecular complexity index is 762. The van der Waals surface area contributed by atoms with E-state index in [1.54, 1.807) is 4.90 Å². The quantitative estimate of drug-likeness (QED) is 0.915. The lowest BCUT2D eigenvalue weighted by Gasteiger charge is -2.21. The highest BCUT2D eigenvalue weighted by molar-refractivity contribution is 5.94. The van der Waals surface area contributed by atoms with Gasteiger partial charge in [-0.3, -0.25) is 9.59 Å². The van der Waals surface area contributed by atoms with E-state index in [0.29, 0.717) is 0 Å². The average Bonchev–Trinajstić information content (AvgIpc) is 2.53. The molecule has 0 unspecified atom stereocenters. The molecule has 1 N–H and O–H groups in total. The van der Waals surface area contributed by atoms with Crippen molar-refractivity contribution in [3.8, 4) is 0 Å². The van der Waals surface area contributed by atoms with Gasteiger partial charge in [0, 0.05) is 31.3 Å². The van der Waals surface area contributed by atoms with Crippen LogP contribution in [0, 0.1) is 18.6 Å². The number of carbonyl (C=O) groups is 2. The summed E-state index contributed by atoms with van der Waals surface area (Å²) in [6.07, 6.45) is 0. The van der Waals surface area contributed by atoms with E-state index in [9.17, 15) is 18.4 Å². The van der Waals surface area contributed by atoms with Gasteiger partial charge in [-0.1, -0.05) is 12.1 Å². The number of halogens is 2. The molecule has 0 aliphatic heterocycles. The van der Waals surface area contributed by atoms with Crippen molar-refractivity contribution in [1.82, 2.24) is 5.32 Å². The number of nitrogens with one attached hydrogen (secondary N) is 1. The van der Waals surface area contributed by atoms with Crippen molar-refractivity contribution in [3.63, 3.8) is 0 Å². The van der Waals surface area contributed by atoms with Crippen LogP contribution < -0.4 is 10.2 Å². The van der Waals surface area contributed by atoms with Crippen LogP contribution in [-0.2, 0) is 4.79 Å². The zero-order chi connectivity index (χ0) is 17.7. The topological polar surface area (TPSA) is 49.4 Å². The lowest BCUT2D eigenvalue weighted by atomic mass is 10.2. The second-order valence-electron chi connectivity index (χ2n) is 5.39. The van der Waals surface area contributed by atoms with Gasteiger partial charge in [-0.2, -0.15) is 0 Å². The molecule has 2 rings (SSSR count). The standard InChI is InChI=1S/C18H18F2N2O2/c1-12-4-3-5-15(10-12)22(13(2)23)9-8-21-18(24)14-6-7-16(19)17(20)11-14/h3-7,10-11H,8-9H2,1-2H3,(H,21,24). The number of hydrogen-bond acceptors (Lipinski definition) is 2. The van der Waals surface area contributed by atoms with Crippen molar-refractivity contribution in [2.75, 3.05) is 18.0 Å². The number of amides is 2. The zero-order valence-electron chi connectivity index (χ0n) is 13.5. The summed E-state index contributed by atoms with van der Waals surface area (Å²) in [5.74, 6) is -2.76. The fourth-order valence-corrected chi connectivity index (χ4v) is 2.28. The highest BCUT2D eigenvalue weighted by Crippen LogP contribution is 2.15. The van der Waals surface area contributed by atoms with Gasteiger partial charge < -0.3 is 10.2 Å². The summed E-state index contributed by atoms with van der Waals surface area (Å²) in [7, 11) is 0. The lowest BCUT2D eigenvalue weighted by molar-refractivity contribution is -0.116. The van der Waals surface area contributed by atoms with E-state index in [-0.39, 0.29) is 24.6 Å². The van der Waals surface area contributed by atoms with E-state index in [0.717, 1.165) is 23.4 Å². The molecule has 0 saturated heterocycles. The number of hydrogen-bond donors (Lipinski definition) is 1. The van der Waals surface area contributed by atoms with E-state index >= 15 is 0 Å². The van der Waals surface area contributed by atoms with Gasteiger partial charge in [0.2, 0.25) is 5.91 Å². The van der Waals surface area contributed by atoms with Gasteiger partial charge in [-0.15, -0.1) is 0 Å². The minimum absolute atomic E-state index is 0.0267. The Morgan fingerprint density at radius 1 is 1.08 bits per heavy atom. The van der Waals surface area contributed by atoms with Crippen LogP contribution in [0.3, 0.4) is 0 Å². The van der Waals surface area contributed by atoms with Gasteiger partial charge in [0.25, 0.3) is 5.91 Å². The minimum Gasteiger partial charge on any atom is -0.350 e. The normalized spacial score (nSPS) is 10.3. The number of nitrogens with zero attached hydrogens (tertiary/aromatic N) is 1. The van der Waals surface area contributed by atoms with Crippen LogP contribution >= 0.6 is 0 Å². The summed E-state index contributed by atoms with van der Waals surface area (Å²) < 4.78 is 26.0. The maximum Gasteiger partial charge on any atom is 0.251 e. The monoisotopic (exact) mass is 332 g/mol. The van der Waals surface area contributed by atoms with Crippen molar-refractivity contribution in [1.29, 1.82) is 0 Å². The van der Waals surface area contributed by atoms with Gasteiger partial charge in [0.05, 0.1) is 0 Å². The summed E-state index contributed by atoms with van der Waals surface area (Å²) in [5, 5.41) is 2.59. The summed E-state index contributed by atoms with van der Waals surface area (Å²) in [4.78, 5) is 25.3. The van der Waals surface area contributed by atoms with Gasteiger partial charge in [-0.05, 0) is 42.8 Å². The Morgan fingerprint density at radius 2 is 1.83 bits per heavy atom. The van der Waals surface area contributed by atoms with Crippen molar-refractivity contribution in [2.45, 2.75) is 13.8 Å². The van der Waals surface area contributed by atoms with Crippen LogP contribution in [0.5, 0.6) is 0 Å². The molecule has 0 radical (unpaired) electrons. The highest BCUT2D eigenvalue weighted by atomic mass is 19.2. The zero-order valence-corrected chi connectivity index (χ0v) is 13.5. The smallest absolute Gasteiger partial charge is 0.251 e. The molecular formula is C18H18F2N2O2. The van der Waals surface area contributed by atoms with E-state index in [2.05, 4.69) is 5.32 Å². The number of rotatable bonds is 5. The number of carbonyl (C=O) groups excluding carboxylic acids is 2. The van der Waals surface area contributed by atoms with Gasteiger partial charge >= 0.3 is 0 Å². The molecule has 0 bridgehead atoms. The molecule has 2 aromatic carbocycles. The van der Waals surface area contributed by atoms with Crippen LogP contribution in [-0.4, -0.2) is 24.9 Å². The summed E-state index contributed by atoms with van der Waals surface area (Å²) in [5.41, 5.74) is 1.79. The Labute approximate surface area is 139 Å². The van der Waals surface area contributed by atoms with Crippen LogP contribution in [0.15, 0.2) is 42.5 Å². The predicted molar refractivity (Wildman–Crippen MR) is 87.9 cm³/mol. The first-order valence-electron chi connectivity index (χ1n) is 7.46. The maximum atomic E-state index is 13.1. The molecule has 4 nitrogen and oxygen atoms in total. The molecule has 0 spiro atoms. The largest absolute Gasteiger partial charge is 0.350 e. The van der Waals surface area contributed by atoms with Crippen molar-refractivity contribution >= 4 is 17.5 Å². The molecule has 0 aromatic heterocycles. The Morgan fingerprint density at radius 3 is 2.46 bits per heavy atom. The Kier molecular flexibility index (Phi) is 5.63. The molecule has 0 heterocycles. The van der Waals surface area contributed by atoms with E-state index < -0.39 is 17.5 Å². The fourth-order valence-electron chi connectivity index (χ4n) is 2.28. The molecule has 0 aliphatic carbocycles. The molecule has 0 atom stereocenters. The minimum atomic E-state index is -1.08. The Hall–Kier alpha value is -2.76. The third-order valence-corrected chi connectivity index (χ3v) is 3.50. The second-order valence-corrected chi connectivity index (χ2v) is 5.39. The lowest BCUT2D eigenvalue weighted by Crippen LogP contribution is -2.37. The van der Waals surface area contributed by atoms with Gasteiger partial charge in [0.15, 0.2) is 11.6 Å². The average molecular weight is 332 g/mol. The third-order valence-electron chi connectivity index (χ3n) is 3.50. The number of anilines is 1. The molecule has 2 aromatic rings. The highest BCUT2D eigenvalue weighted by Gasteiger charge is 2.13. The Balaban J connectivity index is 1.99. The summed E-state index contributed by atoms with van der Waals surface area (Å²) in [6, 6.07) is 10.4. The second kappa shape index (κ2) is 7.68. The fraction of sp³-hybridized carbons (Fsp3) is 0.222. The maximum absolute atomic E-state index is 13.1. The van der Waals surface area contributed by atoms with Crippen molar-refractivity contribution in [2.24, 2.45) is 0 Å². The summed E-state index contributed by atoms with van der Waals surface area (Å²) in [6.45, 7) is 3.83. The molecule has 0 fully saturated rings. The number of benzene rings is 2.